The molecular formula is C26H35N3O3. The number of aryl methyl sites for hydroxylation is 2. The summed E-state index contributed by atoms with van der Waals surface area (Å²) >= 11 is 0. The Morgan fingerprint density at radius 3 is 2.72 bits per heavy atom. The van der Waals surface area contributed by atoms with Gasteiger partial charge in [0.1, 0.15) is 0 Å². The van der Waals surface area contributed by atoms with Crippen molar-refractivity contribution < 1.29 is 14.7 Å². The van der Waals surface area contributed by atoms with Crippen molar-refractivity contribution in [2.75, 3.05) is 6.54 Å². The topological polar surface area (TPSA) is 84.2 Å². The zero-order valence-electron chi connectivity index (χ0n) is 19.9. The molecule has 0 aliphatic heterocycles. The van der Waals surface area contributed by atoms with Crippen LogP contribution in [-0.2, 0) is 18.9 Å². The lowest BCUT2D eigenvalue weighted by Crippen LogP contribution is -2.53. The minimum absolute atomic E-state index is 0.0163. The van der Waals surface area contributed by atoms with E-state index in [-0.39, 0.29) is 22.2 Å². The van der Waals surface area contributed by atoms with Crippen LogP contribution in [0.5, 0.6) is 0 Å². The van der Waals surface area contributed by atoms with Crippen LogP contribution in [0.25, 0.3) is 0 Å². The standard InChI is InChI=1S/C26H35N3O3/c1-16(2)17-7-9-19-18(13-17)8-10-20-25(3,11-6-12-26(19,20)4)14-27-23(30)21-22(24(31)32)29(5)15-28-21/h7,9,13,15-16,20H,6,8,10-12,14H2,1-5H3,(H,27,30)(H,31,32)/t20-,25-,26+/m0/s1. The Hall–Kier alpha value is -2.63. The summed E-state index contributed by atoms with van der Waals surface area (Å²) in [5, 5.41) is 12.5. The average Bonchev–Trinajstić information content (AvgIpc) is 3.13. The quantitative estimate of drug-likeness (QED) is 0.711. The third-order valence-corrected chi connectivity index (χ3v) is 8.18. The maximum atomic E-state index is 12.9. The van der Waals surface area contributed by atoms with Gasteiger partial charge in [-0.15, -0.1) is 0 Å². The Morgan fingerprint density at radius 2 is 2.03 bits per heavy atom. The lowest BCUT2D eigenvalue weighted by atomic mass is 9.49. The molecule has 0 unspecified atom stereocenters. The molecule has 1 saturated carbocycles. The number of fused-ring (bicyclic) bond motifs is 3. The van der Waals surface area contributed by atoms with Gasteiger partial charge in [-0.2, -0.15) is 0 Å². The molecule has 1 aromatic carbocycles. The van der Waals surface area contributed by atoms with Crippen LogP contribution in [0.4, 0.5) is 0 Å². The number of amides is 1. The molecule has 1 aromatic heterocycles. The molecule has 2 N–H and O–H groups in total. The molecule has 0 saturated heterocycles. The first-order chi connectivity index (χ1) is 15.1. The molecular weight excluding hydrogens is 402 g/mol. The Labute approximate surface area is 190 Å². The van der Waals surface area contributed by atoms with Gasteiger partial charge in [0.25, 0.3) is 5.91 Å². The number of aromatic carboxylic acids is 1. The third-order valence-electron chi connectivity index (χ3n) is 8.18. The molecule has 0 spiro atoms. The van der Waals surface area contributed by atoms with E-state index >= 15 is 0 Å². The Bertz CT molecular complexity index is 1060. The highest BCUT2D eigenvalue weighted by atomic mass is 16.4. The molecule has 1 amide bonds. The van der Waals surface area contributed by atoms with Crippen molar-refractivity contribution in [1.82, 2.24) is 14.9 Å². The molecule has 2 aromatic rings. The largest absolute Gasteiger partial charge is 0.477 e. The van der Waals surface area contributed by atoms with Crippen LogP contribution >= 0.6 is 0 Å². The van der Waals surface area contributed by atoms with Gasteiger partial charge in [-0.3, -0.25) is 4.79 Å². The van der Waals surface area contributed by atoms with E-state index in [1.54, 1.807) is 7.05 Å². The highest BCUT2D eigenvalue weighted by Crippen LogP contribution is 2.57. The second kappa shape index (κ2) is 8.05. The fourth-order valence-corrected chi connectivity index (χ4v) is 6.43. The van der Waals surface area contributed by atoms with Gasteiger partial charge in [0.05, 0.1) is 6.33 Å². The molecule has 2 aliphatic carbocycles. The highest BCUT2D eigenvalue weighted by Gasteiger charge is 2.51. The second-order valence-corrected chi connectivity index (χ2v) is 10.6. The molecule has 0 radical (unpaired) electrons. The van der Waals surface area contributed by atoms with Gasteiger partial charge in [-0.1, -0.05) is 52.3 Å². The highest BCUT2D eigenvalue weighted by molar-refractivity contribution is 6.02. The molecule has 1 heterocycles. The zero-order valence-corrected chi connectivity index (χ0v) is 19.9. The van der Waals surface area contributed by atoms with Crippen molar-refractivity contribution in [3.63, 3.8) is 0 Å². The van der Waals surface area contributed by atoms with Crippen molar-refractivity contribution in [2.45, 2.75) is 71.1 Å². The molecule has 3 atom stereocenters. The number of carboxylic acid groups (broad SMARTS) is 1. The predicted molar refractivity (Wildman–Crippen MR) is 124 cm³/mol. The second-order valence-electron chi connectivity index (χ2n) is 10.6. The molecule has 172 valence electrons. The summed E-state index contributed by atoms with van der Waals surface area (Å²) in [4.78, 5) is 28.4. The van der Waals surface area contributed by atoms with E-state index in [0.29, 0.717) is 18.4 Å². The summed E-state index contributed by atoms with van der Waals surface area (Å²) < 4.78 is 1.38. The first-order valence-corrected chi connectivity index (χ1v) is 11.7. The zero-order chi connectivity index (χ0) is 23.3. The first-order valence-electron chi connectivity index (χ1n) is 11.7. The van der Waals surface area contributed by atoms with E-state index in [9.17, 15) is 14.7 Å². The van der Waals surface area contributed by atoms with Crippen molar-refractivity contribution in [3.8, 4) is 0 Å². The maximum absolute atomic E-state index is 12.9. The Balaban J connectivity index is 1.57. The molecule has 0 bridgehead atoms. The van der Waals surface area contributed by atoms with Crippen LogP contribution in [0.2, 0.25) is 0 Å². The normalized spacial score (nSPS) is 27.0. The van der Waals surface area contributed by atoms with Gasteiger partial charge in [-0.25, -0.2) is 9.78 Å². The Morgan fingerprint density at radius 1 is 1.28 bits per heavy atom. The number of aromatic nitrogens is 2. The monoisotopic (exact) mass is 437 g/mol. The number of carbonyl (C=O) groups excluding carboxylic acids is 1. The third kappa shape index (κ3) is 3.63. The lowest BCUT2D eigenvalue weighted by molar-refractivity contribution is 0.0253. The number of benzene rings is 1. The smallest absolute Gasteiger partial charge is 0.355 e. The number of rotatable bonds is 5. The summed E-state index contributed by atoms with van der Waals surface area (Å²) in [5.74, 6) is -0.561. The van der Waals surface area contributed by atoms with Gasteiger partial charge in [0.15, 0.2) is 11.4 Å². The summed E-state index contributed by atoms with van der Waals surface area (Å²) in [6.07, 6.45) is 6.90. The number of nitrogens with zero attached hydrogens (tertiary/aromatic N) is 2. The summed E-state index contributed by atoms with van der Waals surface area (Å²) in [5.41, 5.74) is 4.33. The Kier molecular flexibility index (Phi) is 5.68. The number of nitrogens with one attached hydrogen (secondary N) is 1. The number of hydrogen-bond donors (Lipinski definition) is 2. The van der Waals surface area contributed by atoms with Crippen LogP contribution < -0.4 is 5.32 Å². The van der Waals surface area contributed by atoms with E-state index in [4.69, 9.17) is 0 Å². The predicted octanol–water partition coefficient (Wildman–Crippen LogP) is 4.68. The van der Waals surface area contributed by atoms with Crippen LogP contribution in [-0.4, -0.2) is 33.1 Å². The molecule has 2 aliphatic rings. The van der Waals surface area contributed by atoms with Crippen LogP contribution in [0.1, 0.15) is 97.0 Å². The number of carboxylic acids is 1. The summed E-state index contributed by atoms with van der Waals surface area (Å²) in [6.45, 7) is 9.71. The van der Waals surface area contributed by atoms with E-state index in [2.05, 4.69) is 56.2 Å². The van der Waals surface area contributed by atoms with Crippen molar-refractivity contribution >= 4 is 11.9 Å². The minimum Gasteiger partial charge on any atom is -0.477 e. The average molecular weight is 438 g/mol. The number of imidazole rings is 1. The van der Waals surface area contributed by atoms with Crippen molar-refractivity contribution in [1.29, 1.82) is 0 Å². The van der Waals surface area contributed by atoms with Gasteiger partial charge >= 0.3 is 5.97 Å². The molecule has 4 rings (SSSR count). The lowest BCUT2D eigenvalue weighted by Gasteiger charge is -2.55. The maximum Gasteiger partial charge on any atom is 0.355 e. The molecule has 1 fully saturated rings. The van der Waals surface area contributed by atoms with Gasteiger partial charge in [-0.05, 0) is 65.0 Å². The summed E-state index contributed by atoms with van der Waals surface area (Å²) in [6, 6.07) is 7.05. The molecule has 32 heavy (non-hydrogen) atoms. The van der Waals surface area contributed by atoms with E-state index in [1.807, 2.05) is 0 Å². The first kappa shape index (κ1) is 22.6. The van der Waals surface area contributed by atoms with Crippen molar-refractivity contribution in [2.24, 2.45) is 18.4 Å². The minimum atomic E-state index is -1.14. The molecule has 6 nitrogen and oxygen atoms in total. The number of hydrogen-bond acceptors (Lipinski definition) is 3. The fraction of sp³-hybridized carbons (Fsp3) is 0.577. The van der Waals surface area contributed by atoms with Crippen LogP contribution in [0.15, 0.2) is 24.5 Å². The van der Waals surface area contributed by atoms with Crippen LogP contribution in [0, 0.1) is 11.3 Å². The van der Waals surface area contributed by atoms with Gasteiger partial charge in [0.2, 0.25) is 0 Å². The van der Waals surface area contributed by atoms with E-state index < -0.39 is 11.9 Å². The van der Waals surface area contributed by atoms with Gasteiger partial charge in [0, 0.05) is 13.6 Å². The van der Waals surface area contributed by atoms with Crippen molar-refractivity contribution in [3.05, 3.63) is 52.6 Å². The van der Waals surface area contributed by atoms with E-state index in [1.165, 1.54) is 34.0 Å². The van der Waals surface area contributed by atoms with E-state index in [0.717, 1.165) is 25.7 Å². The number of carbonyl (C=O) groups is 2. The fourth-order valence-electron chi connectivity index (χ4n) is 6.43. The molecule has 6 heteroatoms. The van der Waals surface area contributed by atoms with Gasteiger partial charge < -0.3 is 15.0 Å². The summed E-state index contributed by atoms with van der Waals surface area (Å²) in [7, 11) is 1.59. The SMILES string of the molecule is CC(C)c1ccc2c(c1)CC[C@H]1[C@](C)(CNC(=O)c3ncn(C)c3C(=O)O)CCC[C@]21C. The van der Waals surface area contributed by atoms with Crippen LogP contribution in [0.3, 0.4) is 0 Å².